The SMILES string of the molecule is C=C[C@](CC)(CO)N(C(=O)O)C(C)(C)C. The maximum absolute atomic E-state index is 11.2. The summed E-state index contributed by atoms with van der Waals surface area (Å²) in [6, 6.07) is 0. The molecule has 0 fully saturated rings. The molecule has 4 nitrogen and oxygen atoms in total. The fourth-order valence-electron chi connectivity index (χ4n) is 1.79. The van der Waals surface area contributed by atoms with Crippen LogP contribution in [-0.4, -0.2) is 38.9 Å². The van der Waals surface area contributed by atoms with Gasteiger partial charge in [-0.25, -0.2) is 4.79 Å². The number of nitrogens with zero attached hydrogens (tertiary/aromatic N) is 1. The molecule has 0 saturated heterocycles. The summed E-state index contributed by atoms with van der Waals surface area (Å²) in [6.45, 7) is 10.6. The topological polar surface area (TPSA) is 60.8 Å². The van der Waals surface area contributed by atoms with E-state index in [4.69, 9.17) is 0 Å². The summed E-state index contributed by atoms with van der Waals surface area (Å²) < 4.78 is 0. The molecule has 0 rings (SSSR count). The number of carboxylic acid groups (broad SMARTS) is 1. The molecule has 88 valence electrons. The van der Waals surface area contributed by atoms with Gasteiger partial charge in [0.1, 0.15) is 0 Å². The van der Waals surface area contributed by atoms with E-state index in [1.165, 1.54) is 11.0 Å². The zero-order chi connectivity index (χ0) is 12.3. The highest BCUT2D eigenvalue weighted by Crippen LogP contribution is 2.29. The van der Waals surface area contributed by atoms with Crippen molar-refractivity contribution < 1.29 is 15.0 Å². The monoisotopic (exact) mass is 215 g/mol. The number of aliphatic hydroxyl groups excluding tert-OH is 1. The lowest BCUT2D eigenvalue weighted by Gasteiger charge is -2.46. The van der Waals surface area contributed by atoms with E-state index in [2.05, 4.69) is 6.58 Å². The number of hydrogen-bond donors (Lipinski definition) is 2. The van der Waals surface area contributed by atoms with Crippen LogP contribution in [-0.2, 0) is 0 Å². The van der Waals surface area contributed by atoms with Crippen molar-refractivity contribution in [3.05, 3.63) is 12.7 Å². The minimum atomic E-state index is -1.04. The van der Waals surface area contributed by atoms with Gasteiger partial charge >= 0.3 is 6.09 Å². The Morgan fingerprint density at radius 3 is 2.00 bits per heavy atom. The molecule has 0 aromatic rings. The summed E-state index contributed by atoms with van der Waals surface area (Å²) >= 11 is 0. The standard InChI is InChI=1S/C11H21NO3/c1-6-11(7-2,8-13)12(9(14)15)10(3,4)5/h6,13H,1,7-8H2,2-5H3,(H,14,15)/t11-/m0/s1. The van der Waals surface area contributed by atoms with Gasteiger partial charge in [-0.1, -0.05) is 13.0 Å². The normalized spacial score (nSPS) is 15.5. The van der Waals surface area contributed by atoms with E-state index in [1.807, 2.05) is 6.92 Å². The van der Waals surface area contributed by atoms with E-state index >= 15 is 0 Å². The van der Waals surface area contributed by atoms with Crippen molar-refractivity contribution >= 4 is 6.09 Å². The predicted molar refractivity (Wildman–Crippen MR) is 59.9 cm³/mol. The Morgan fingerprint density at radius 1 is 1.47 bits per heavy atom. The van der Waals surface area contributed by atoms with Crippen LogP contribution >= 0.6 is 0 Å². The van der Waals surface area contributed by atoms with Crippen LogP contribution < -0.4 is 0 Å². The molecule has 0 aliphatic carbocycles. The minimum absolute atomic E-state index is 0.253. The van der Waals surface area contributed by atoms with Gasteiger partial charge in [0, 0.05) is 5.54 Å². The third-order valence-corrected chi connectivity index (χ3v) is 2.57. The second-order valence-electron chi connectivity index (χ2n) is 4.61. The van der Waals surface area contributed by atoms with Gasteiger partial charge in [0.2, 0.25) is 0 Å². The largest absolute Gasteiger partial charge is 0.465 e. The molecule has 4 heteroatoms. The number of hydrogen-bond acceptors (Lipinski definition) is 2. The van der Waals surface area contributed by atoms with E-state index in [0.717, 1.165) is 0 Å². The Hall–Kier alpha value is -1.03. The molecular weight excluding hydrogens is 194 g/mol. The summed E-state index contributed by atoms with van der Waals surface area (Å²) in [5.41, 5.74) is -1.47. The summed E-state index contributed by atoms with van der Waals surface area (Å²) in [6.07, 6.45) is 0.960. The third-order valence-electron chi connectivity index (χ3n) is 2.57. The lowest BCUT2D eigenvalue weighted by atomic mass is 9.90. The van der Waals surface area contributed by atoms with Crippen LogP contribution in [0.1, 0.15) is 34.1 Å². The van der Waals surface area contributed by atoms with E-state index in [9.17, 15) is 15.0 Å². The van der Waals surface area contributed by atoms with Gasteiger partial charge in [0.15, 0.2) is 0 Å². The average Bonchev–Trinajstić information content (AvgIpc) is 2.11. The molecule has 0 aliphatic heterocycles. The fraction of sp³-hybridized carbons (Fsp3) is 0.727. The number of aliphatic hydroxyl groups is 1. The van der Waals surface area contributed by atoms with Crippen LogP contribution in [0.4, 0.5) is 4.79 Å². The van der Waals surface area contributed by atoms with Gasteiger partial charge in [-0.05, 0) is 27.2 Å². The van der Waals surface area contributed by atoms with Crippen molar-refractivity contribution in [1.29, 1.82) is 0 Å². The van der Waals surface area contributed by atoms with E-state index in [1.54, 1.807) is 20.8 Å². The molecule has 0 unspecified atom stereocenters. The van der Waals surface area contributed by atoms with Crippen LogP contribution in [0.3, 0.4) is 0 Å². The quantitative estimate of drug-likeness (QED) is 0.706. The molecular formula is C11H21NO3. The number of rotatable bonds is 4. The van der Waals surface area contributed by atoms with Gasteiger partial charge < -0.3 is 10.2 Å². The molecule has 0 aromatic carbocycles. The fourth-order valence-corrected chi connectivity index (χ4v) is 1.79. The first-order chi connectivity index (χ1) is 6.75. The van der Waals surface area contributed by atoms with Gasteiger partial charge in [0.05, 0.1) is 12.1 Å². The Morgan fingerprint density at radius 2 is 1.93 bits per heavy atom. The molecule has 15 heavy (non-hydrogen) atoms. The molecule has 1 atom stereocenters. The van der Waals surface area contributed by atoms with Gasteiger partial charge in [0.25, 0.3) is 0 Å². The molecule has 1 amide bonds. The van der Waals surface area contributed by atoms with Crippen molar-refractivity contribution in [3.8, 4) is 0 Å². The maximum Gasteiger partial charge on any atom is 0.408 e. The minimum Gasteiger partial charge on any atom is -0.465 e. The number of carbonyl (C=O) groups is 1. The Labute approximate surface area is 91.2 Å². The van der Waals surface area contributed by atoms with Crippen LogP contribution in [0.2, 0.25) is 0 Å². The van der Waals surface area contributed by atoms with Gasteiger partial charge in [-0.3, -0.25) is 4.90 Å². The van der Waals surface area contributed by atoms with E-state index in [0.29, 0.717) is 6.42 Å². The Bertz CT molecular complexity index is 239. The Kier molecular flexibility index (Phi) is 4.34. The smallest absolute Gasteiger partial charge is 0.408 e. The first-order valence-corrected chi connectivity index (χ1v) is 5.03. The van der Waals surface area contributed by atoms with Gasteiger partial charge in [-0.2, -0.15) is 0 Å². The lowest BCUT2D eigenvalue weighted by Crippen LogP contribution is -2.60. The molecule has 0 aromatic heterocycles. The molecule has 0 spiro atoms. The number of amides is 1. The molecule has 0 aliphatic rings. The Balaban J connectivity index is 5.39. The second-order valence-corrected chi connectivity index (χ2v) is 4.61. The van der Waals surface area contributed by atoms with Crippen LogP contribution in [0.5, 0.6) is 0 Å². The van der Waals surface area contributed by atoms with Crippen molar-refractivity contribution in [3.63, 3.8) is 0 Å². The second kappa shape index (κ2) is 4.66. The molecule has 0 heterocycles. The zero-order valence-corrected chi connectivity index (χ0v) is 9.95. The lowest BCUT2D eigenvalue weighted by molar-refractivity contribution is 0.00752. The summed E-state index contributed by atoms with van der Waals surface area (Å²) in [4.78, 5) is 12.5. The zero-order valence-electron chi connectivity index (χ0n) is 9.95. The maximum atomic E-state index is 11.2. The highest BCUT2D eigenvalue weighted by atomic mass is 16.4. The molecule has 0 bridgehead atoms. The third kappa shape index (κ3) is 2.72. The van der Waals surface area contributed by atoms with Crippen LogP contribution in [0.25, 0.3) is 0 Å². The first-order valence-electron chi connectivity index (χ1n) is 5.03. The molecule has 0 radical (unpaired) electrons. The first kappa shape index (κ1) is 14.0. The van der Waals surface area contributed by atoms with Crippen molar-refractivity contribution in [2.45, 2.75) is 45.2 Å². The van der Waals surface area contributed by atoms with E-state index < -0.39 is 17.2 Å². The van der Waals surface area contributed by atoms with Crippen LogP contribution in [0.15, 0.2) is 12.7 Å². The summed E-state index contributed by atoms with van der Waals surface area (Å²) in [5, 5.41) is 18.6. The van der Waals surface area contributed by atoms with Crippen LogP contribution in [0, 0.1) is 0 Å². The van der Waals surface area contributed by atoms with Crippen molar-refractivity contribution in [2.24, 2.45) is 0 Å². The summed E-state index contributed by atoms with van der Waals surface area (Å²) in [5.74, 6) is 0. The average molecular weight is 215 g/mol. The van der Waals surface area contributed by atoms with Gasteiger partial charge in [-0.15, -0.1) is 6.58 Å². The molecule has 2 N–H and O–H groups in total. The van der Waals surface area contributed by atoms with Crippen molar-refractivity contribution in [1.82, 2.24) is 4.90 Å². The van der Waals surface area contributed by atoms with Crippen molar-refractivity contribution in [2.75, 3.05) is 6.61 Å². The highest BCUT2D eigenvalue weighted by molar-refractivity contribution is 5.68. The molecule has 0 saturated carbocycles. The van der Waals surface area contributed by atoms with E-state index in [-0.39, 0.29) is 6.61 Å². The summed E-state index contributed by atoms with van der Waals surface area (Å²) in [7, 11) is 0. The highest BCUT2D eigenvalue weighted by Gasteiger charge is 2.41. The predicted octanol–water partition coefficient (Wildman–Crippen LogP) is 2.09.